The van der Waals surface area contributed by atoms with Gasteiger partial charge in [-0.3, -0.25) is 9.59 Å². The van der Waals surface area contributed by atoms with Gasteiger partial charge in [0.25, 0.3) is 11.8 Å². The highest BCUT2D eigenvalue weighted by molar-refractivity contribution is 5.94. The largest absolute Gasteiger partial charge is 0.493 e. The predicted octanol–water partition coefficient (Wildman–Crippen LogP) is 3.62. The summed E-state index contributed by atoms with van der Waals surface area (Å²) in [5.41, 5.74) is 0.711. The van der Waals surface area contributed by atoms with Crippen molar-refractivity contribution in [3.05, 3.63) is 60.2 Å². The summed E-state index contributed by atoms with van der Waals surface area (Å²) < 4.78 is 11.0. The molecule has 0 saturated carbocycles. The number of carbonyl (C=O) groups excluding carboxylic acids is 2. The van der Waals surface area contributed by atoms with E-state index in [1.165, 1.54) is 0 Å². The summed E-state index contributed by atoms with van der Waals surface area (Å²) in [6.07, 6.45) is 2.43. The molecular weight excluding hydrogens is 380 g/mol. The second kappa shape index (κ2) is 10.7. The first-order valence-electron chi connectivity index (χ1n) is 10.5. The van der Waals surface area contributed by atoms with Crippen molar-refractivity contribution in [1.29, 1.82) is 0 Å². The van der Waals surface area contributed by atoms with Gasteiger partial charge in [0.15, 0.2) is 18.1 Å². The summed E-state index contributed by atoms with van der Waals surface area (Å²) in [4.78, 5) is 29.4. The van der Waals surface area contributed by atoms with Crippen LogP contribution in [0, 0.1) is 0 Å². The number of rotatable bonds is 8. The number of ether oxygens (including phenoxy) is 2. The Morgan fingerprint density at radius 2 is 1.63 bits per heavy atom. The summed E-state index contributed by atoms with van der Waals surface area (Å²) >= 11 is 0. The topological polar surface area (TPSA) is 59.1 Å². The van der Waals surface area contributed by atoms with Crippen molar-refractivity contribution < 1.29 is 19.1 Å². The summed E-state index contributed by atoms with van der Waals surface area (Å²) in [6.45, 7) is 4.03. The minimum absolute atomic E-state index is 0.0243. The Labute approximate surface area is 178 Å². The van der Waals surface area contributed by atoms with Crippen LogP contribution in [0.25, 0.3) is 0 Å². The average molecular weight is 411 g/mol. The number of likely N-dealkylation sites (tertiary alicyclic amines) is 1. The van der Waals surface area contributed by atoms with Crippen LogP contribution in [0.4, 0.5) is 0 Å². The molecule has 2 aromatic rings. The number of hydrogen-bond donors (Lipinski definition) is 0. The number of methoxy groups -OCH3 is 1. The highest BCUT2D eigenvalue weighted by Crippen LogP contribution is 2.26. The van der Waals surface area contributed by atoms with Gasteiger partial charge in [0.1, 0.15) is 0 Å². The summed E-state index contributed by atoms with van der Waals surface area (Å²) in [6, 6.07) is 16.8. The van der Waals surface area contributed by atoms with E-state index in [4.69, 9.17) is 9.47 Å². The SMILES string of the molecule is CCCN(C(=O)COc1ccccc1OC)C1CCN(C(=O)c2ccccc2)CC1. The molecule has 160 valence electrons. The lowest BCUT2D eigenvalue weighted by Crippen LogP contribution is -2.50. The number of benzene rings is 2. The number of carbonyl (C=O) groups is 2. The van der Waals surface area contributed by atoms with E-state index in [2.05, 4.69) is 6.92 Å². The second-order valence-electron chi connectivity index (χ2n) is 7.42. The first-order chi connectivity index (χ1) is 14.6. The summed E-state index contributed by atoms with van der Waals surface area (Å²) in [5.74, 6) is 1.20. The van der Waals surface area contributed by atoms with E-state index in [1.807, 2.05) is 58.3 Å². The molecule has 6 heteroatoms. The fourth-order valence-electron chi connectivity index (χ4n) is 3.86. The molecule has 1 saturated heterocycles. The normalized spacial score (nSPS) is 14.3. The summed E-state index contributed by atoms with van der Waals surface area (Å²) in [7, 11) is 1.58. The maximum atomic E-state index is 12.9. The minimum Gasteiger partial charge on any atom is -0.493 e. The van der Waals surface area contributed by atoms with Crippen LogP contribution >= 0.6 is 0 Å². The van der Waals surface area contributed by atoms with Crippen LogP contribution in [0.5, 0.6) is 11.5 Å². The molecule has 1 fully saturated rings. The van der Waals surface area contributed by atoms with Crippen molar-refractivity contribution in [3.8, 4) is 11.5 Å². The average Bonchev–Trinajstić information content (AvgIpc) is 2.81. The molecule has 0 aliphatic carbocycles. The third-order valence-corrected chi connectivity index (χ3v) is 5.42. The van der Waals surface area contributed by atoms with Gasteiger partial charge in [0.2, 0.25) is 0 Å². The fourth-order valence-corrected chi connectivity index (χ4v) is 3.86. The van der Waals surface area contributed by atoms with Gasteiger partial charge >= 0.3 is 0 Å². The zero-order chi connectivity index (χ0) is 21.3. The Bertz CT molecular complexity index is 832. The van der Waals surface area contributed by atoms with Crippen molar-refractivity contribution in [2.75, 3.05) is 33.4 Å². The third kappa shape index (κ3) is 5.32. The van der Waals surface area contributed by atoms with Gasteiger partial charge in [-0.25, -0.2) is 0 Å². The first kappa shape index (κ1) is 21.7. The number of nitrogens with zero attached hydrogens (tertiary/aromatic N) is 2. The molecule has 1 aliphatic heterocycles. The Hall–Kier alpha value is -3.02. The van der Waals surface area contributed by atoms with Gasteiger partial charge in [-0.2, -0.15) is 0 Å². The number of hydrogen-bond acceptors (Lipinski definition) is 4. The van der Waals surface area contributed by atoms with Gasteiger partial charge in [0, 0.05) is 31.2 Å². The van der Waals surface area contributed by atoms with Crippen LogP contribution in [-0.2, 0) is 4.79 Å². The van der Waals surface area contributed by atoms with Gasteiger partial charge < -0.3 is 19.3 Å². The van der Waals surface area contributed by atoms with E-state index in [1.54, 1.807) is 13.2 Å². The zero-order valence-corrected chi connectivity index (χ0v) is 17.8. The maximum Gasteiger partial charge on any atom is 0.260 e. The lowest BCUT2D eigenvalue weighted by Gasteiger charge is -2.38. The molecule has 1 aliphatic rings. The van der Waals surface area contributed by atoms with E-state index < -0.39 is 0 Å². The maximum absolute atomic E-state index is 12.9. The summed E-state index contributed by atoms with van der Waals surface area (Å²) in [5, 5.41) is 0. The van der Waals surface area contributed by atoms with Crippen LogP contribution in [0.1, 0.15) is 36.5 Å². The number of piperidine rings is 1. The molecule has 2 aromatic carbocycles. The predicted molar refractivity (Wildman–Crippen MR) is 116 cm³/mol. The molecule has 0 atom stereocenters. The van der Waals surface area contributed by atoms with Crippen LogP contribution < -0.4 is 9.47 Å². The number of amides is 2. The quantitative estimate of drug-likeness (QED) is 0.667. The lowest BCUT2D eigenvalue weighted by molar-refractivity contribution is -0.136. The van der Waals surface area contributed by atoms with E-state index in [9.17, 15) is 9.59 Å². The van der Waals surface area contributed by atoms with Crippen molar-refractivity contribution in [3.63, 3.8) is 0 Å². The standard InChI is InChI=1S/C24H30N2O4/c1-3-15-26(23(27)18-30-22-12-8-7-11-21(22)29-2)20-13-16-25(17-14-20)24(28)19-9-5-4-6-10-19/h4-12,20H,3,13-18H2,1-2H3. The highest BCUT2D eigenvalue weighted by atomic mass is 16.5. The second-order valence-corrected chi connectivity index (χ2v) is 7.42. The molecule has 2 amide bonds. The molecule has 0 N–H and O–H groups in total. The third-order valence-electron chi connectivity index (χ3n) is 5.42. The van der Waals surface area contributed by atoms with E-state index in [-0.39, 0.29) is 24.5 Å². The molecular formula is C24H30N2O4. The van der Waals surface area contributed by atoms with E-state index in [0.29, 0.717) is 36.7 Å². The smallest absolute Gasteiger partial charge is 0.260 e. The Morgan fingerprint density at radius 1 is 1.00 bits per heavy atom. The molecule has 30 heavy (non-hydrogen) atoms. The Kier molecular flexibility index (Phi) is 7.71. The molecule has 0 unspecified atom stereocenters. The van der Waals surface area contributed by atoms with Crippen molar-refractivity contribution in [2.24, 2.45) is 0 Å². The lowest BCUT2D eigenvalue weighted by atomic mass is 10.0. The van der Waals surface area contributed by atoms with Gasteiger partial charge in [-0.15, -0.1) is 0 Å². The van der Waals surface area contributed by atoms with E-state index in [0.717, 1.165) is 19.3 Å². The minimum atomic E-state index is -0.0319. The molecule has 0 aromatic heterocycles. The van der Waals surface area contributed by atoms with Crippen molar-refractivity contribution >= 4 is 11.8 Å². The molecule has 1 heterocycles. The monoisotopic (exact) mass is 410 g/mol. The molecule has 0 spiro atoms. The fraction of sp³-hybridized carbons (Fsp3) is 0.417. The van der Waals surface area contributed by atoms with E-state index >= 15 is 0 Å². The Morgan fingerprint density at radius 3 is 2.27 bits per heavy atom. The Balaban J connectivity index is 1.57. The van der Waals surface area contributed by atoms with Crippen molar-refractivity contribution in [2.45, 2.75) is 32.2 Å². The van der Waals surface area contributed by atoms with Crippen LogP contribution in [-0.4, -0.2) is 61.0 Å². The van der Waals surface area contributed by atoms with Gasteiger partial charge in [0.05, 0.1) is 7.11 Å². The van der Waals surface area contributed by atoms with Crippen LogP contribution in [0.2, 0.25) is 0 Å². The molecule has 0 radical (unpaired) electrons. The van der Waals surface area contributed by atoms with Crippen molar-refractivity contribution in [1.82, 2.24) is 9.80 Å². The molecule has 6 nitrogen and oxygen atoms in total. The number of para-hydroxylation sites is 2. The first-order valence-corrected chi connectivity index (χ1v) is 10.5. The van der Waals surface area contributed by atoms with Gasteiger partial charge in [-0.05, 0) is 43.5 Å². The van der Waals surface area contributed by atoms with Crippen LogP contribution in [0.15, 0.2) is 54.6 Å². The van der Waals surface area contributed by atoms with Gasteiger partial charge in [-0.1, -0.05) is 37.3 Å². The zero-order valence-electron chi connectivity index (χ0n) is 17.8. The molecule has 3 rings (SSSR count). The van der Waals surface area contributed by atoms with Crippen LogP contribution in [0.3, 0.4) is 0 Å². The molecule has 0 bridgehead atoms. The highest BCUT2D eigenvalue weighted by Gasteiger charge is 2.29.